The zero-order chi connectivity index (χ0) is 23.8. The van der Waals surface area contributed by atoms with Gasteiger partial charge in [-0.2, -0.15) is 12.6 Å². The number of thiol groups is 1. The second-order valence-electron chi connectivity index (χ2n) is 7.39. The third-order valence-electron chi connectivity index (χ3n) is 4.99. The highest BCUT2D eigenvalue weighted by Gasteiger charge is 2.38. The van der Waals surface area contributed by atoms with Gasteiger partial charge >= 0.3 is 5.97 Å². The molecule has 1 aliphatic heterocycles. The zero-order valence-corrected chi connectivity index (χ0v) is 18.1. The maximum atomic E-state index is 12.9. The van der Waals surface area contributed by atoms with E-state index in [4.69, 9.17) is 11.5 Å². The summed E-state index contributed by atoms with van der Waals surface area (Å²) in [6.45, 7) is 0.177. The van der Waals surface area contributed by atoms with E-state index in [-0.39, 0.29) is 25.1 Å². The number of carbonyl (C=O) groups is 5. The van der Waals surface area contributed by atoms with Gasteiger partial charge in [-0.05, 0) is 12.8 Å². The fourth-order valence-corrected chi connectivity index (χ4v) is 3.62. The van der Waals surface area contributed by atoms with Gasteiger partial charge in [0.15, 0.2) is 0 Å². The average molecular weight is 470 g/mol. The van der Waals surface area contributed by atoms with E-state index in [1.807, 2.05) is 0 Å². The van der Waals surface area contributed by atoms with Crippen LogP contribution in [0.4, 0.5) is 0 Å². The average Bonchev–Trinajstić information content (AvgIpc) is 3.42. The van der Waals surface area contributed by atoms with Crippen LogP contribution in [-0.4, -0.2) is 86.0 Å². The van der Waals surface area contributed by atoms with Gasteiger partial charge in [-0.15, -0.1) is 0 Å². The molecule has 4 atom stereocenters. The summed E-state index contributed by atoms with van der Waals surface area (Å²) in [5, 5.41) is 14.1. The van der Waals surface area contributed by atoms with Crippen LogP contribution in [0.2, 0.25) is 0 Å². The first-order chi connectivity index (χ1) is 15.1. The molecule has 0 aromatic carbocycles. The van der Waals surface area contributed by atoms with E-state index in [9.17, 15) is 29.1 Å². The van der Waals surface area contributed by atoms with Gasteiger partial charge in [0.2, 0.25) is 23.6 Å². The molecule has 32 heavy (non-hydrogen) atoms. The van der Waals surface area contributed by atoms with Crippen molar-refractivity contribution < 1.29 is 29.1 Å². The third kappa shape index (κ3) is 6.68. The first-order valence-electron chi connectivity index (χ1n) is 9.90. The van der Waals surface area contributed by atoms with Crippen LogP contribution < -0.4 is 22.1 Å². The molecule has 13 nitrogen and oxygen atoms in total. The molecular weight excluding hydrogens is 442 g/mol. The molecule has 1 fully saturated rings. The van der Waals surface area contributed by atoms with E-state index in [1.165, 1.54) is 12.5 Å². The number of aromatic amines is 1. The fourth-order valence-electron chi connectivity index (χ4n) is 3.36. The number of carboxylic acids is 1. The topological polar surface area (TPSA) is 214 Å². The van der Waals surface area contributed by atoms with Crippen molar-refractivity contribution in [3.8, 4) is 0 Å². The molecule has 8 N–H and O–H groups in total. The molecule has 176 valence electrons. The van der Waals surface area contributed by atoms with Gasteiger partial charge in [0.05, 0.1) is 18.8 Å². The molecule has 0 aliphatic carbocycles. The van der Waals surface area contributed by atoms with Gasteiger partial charge < -0.3 is 37.1 Å². The van der Waals surface area contributed by atoms with Crippen molar-refractivity contribution in [1.29, 1.82) is 0 Å². The molecule has 1 aromatic rings. The van der Waals surface area contributed by atoms with Crippen LogP contribution >= 0.6 is 12.6 Å². The van der Waals surface area contributed by atoms with E-state index >= 15 is 0 Å². The molecule has 0 radical (unpaired) electrons. The van der Waals surface area contributed by atoms with Gasteiger partial charge in [0, 0.05) is 30.6 Å². The second kappa shape index (κ2) is 11.5. The number of imidazole rings is 1. The quantitative estimate of drug-likeness (QED) is 0.167. The number of carboxylic acid groups (broad SMARTS) is 1. The highest BCUT2D eigenvalue weighted by Crippen LogP contribution is 2.19. The monoisotopic (exact) mass is 469 g/mol. The maximum Gasteiger partial charge on any atom is 0.326 e. The van der Waals surface area contributed by atoms with Crippen LogP contribution in [0.25, 0.3) is 0 Å². The summed E-state index contributed by atoms with van der Waals surface area (Å²) in [4.78, 5) is 68.5. The summed E-state index contributed by atoms with van der Waals surface area (Å²) in [6, 6.07) is -4.56. The fraction of sp³-hybridized carbons (Fsp3) is 0.556. The summed E-state index contributed by atoms with van der Waals surface area (Å²) in [5.41, 5.74) is 11.7. The van der Waals surface area contributed by atoms with E-state index in [0.29, 0.717) is 12.1 Å². The minimum atomic E-state index is -1.38. The molecule has 4 unspecified atom stereocenters. The number of carbonyl (C=O) groups excluding carboxylic acids is 4. The Hall–Kier alpha value is -3.13. The van der Waals surface area contributed by atoms with Crippen molar-refractivity contribution in [2.45, 2.75) is 49.9 Å². The van der Waals surface area contributed by atoms with Gasteiger partial charge in [-0.1, -0.05) is 0 Å². The van der Waals surface area contributed by atoms with Crippen LogP contribution in [0, 0.1) is 0 Å². The Morgan fingerprint density at radius 3 is 2.50 bits per heavy atom. The molecule has 1 saturated heterocycles. The molecule has 4 amide bonds. The minimum Gasteiger partial charge on any atom is -0.480 e. The Bertz CT molecular complexity index is 849. The largest absolute Gasteiger partial charge is 0.480 e. The predicted octanol–water partition coefficient (Wildman–Crippen LogP) is -2.87. The van der Waals surface area contributed by atoms with Crippen LogP contribution in [-0.2, 0) is 30.4 Å². The van der Waals surface area contributed by atoms with Gasteiger partial charge in [0.1, 0.15) is 18.1 Å². The number of aromatic nitrogens is 2. The van der Waals surface area contributed by atoms with E-state index < -0.39 is 60.2 Å². The molecule has 0 spiro atoms. The minimum absolute atomic E-state index is 0.118. The van der Waals surface area contributed by atoms with E-state index in [2.05, 4.69) is 33.2 Å². The smallest absolute Gasteiger partial charge is 0.326 e. The number of H-pyrrole nitrogens is 1. The highest BCUT2D eigenvalue weighted by atomic mass is 32.1. The number of primary amides is 1. The van der Waals surface area contributed by atoms with Crippen LogP contribution in [0.15, 0.2) is 12.5 Å². The van der Waals surface area contributed by atoms with Crippen molar-refractivity contribution in [3.63, 3.8) is 0 Å². The molecule has 1 aliphatic rings. The first-order valence-corrected chi connectivity index (χ1v) is 10.5. The molecule has 2 heterocycles. The Kier molecular flexibility index (Phi) is 9.02. The maximum absolute atomic E-state index is 12.9. The summed E-state index contributed by atoms with van der Waals surface area (Å²) in [6.07, 6.45) is 3.32. The number of aliphatic carboxylic acids is 1. The molecule has 14 heteroatoms. The molecule has 0 saturated carbocycles. The molecular formula is C18H27N7O6S. The van der Waals surface area contributed by atoms with Crippen LogP contribution in [0.5, 0.6) is 0 Å². The lowest BCUT2D eigenvalue weighted by atomic mass is 10.1. The highest BCUT2D eigenvalue weighted by molar-refractivity contribution is 7.80. The zero-order valence-electron chi connectivity index (χ0n) is 17.2. The van der Waals surface area contributed by atoms with Crippen LogP contribution in [0.1, 0.15) is 25.0 Å². The number of nitrogens with zero attached hydrogens (tertiary/aromatic N) is 2. The van der Waals surface area contributed by atoms with Crippen molar-refractivity contribution in [2.24, 2.45) is 11.5 Å². The lowest BCUT2D eigenvalue weighted by molar-refractivity contribution is -0.149. The lowest BCUT2D eigenvalue weighted by Gasteiger charge is -2.28. The lowest BCUT2D eigenvalue weighted by Crippen LogP contribution is -2.58. The summed E-state index contributed by atoms with van der Waals surface area (Å²) < 4.78 is 0. The number of nitrogens with one attached hydrogen (secondary N) is 3. The number of hydrogen-bond donors (Lipinski definition) is 7. The van der Waals surface area contributed by atoms with Crippen molar-refractivity contribution >= 4 is 42.2 Å². The van der Waals surface area contributed by atoms with Crippen molar-refractivity contribution in [2.75, 3.05) is 12.3 Å². The first kappa shape index (κ1) is 25.1. The van der Waals surface area contributed by atoms with E-state index in [1.54, 1.807) is 0 Å². The van der Waals surface area contributed by atoms with Crippen molar-refractivity contribution in [1.82, 2.24) is 25.5 Å². The van der Waals surface area contributed by atoms with Crippen molar-refractivity contribution in [3.05, 3.63) is 18.2 Å². The Morgan fingerprint density at radius 2 is 1.94 bits per heavy atom. The van der Waals surface area contributed by atoms with Gasteiger partial charge in [-0.3, -0.25) is 19.2 Å². The molecule has 2 rings (SSSR count). The number of rotatable bonds is 11. The second-order valence-corrected chi connectivity index (χ2v) is 7.76. The van der Waals surface area contributed by atoms with Gasteiger partial charge in [0.25, 0.3) is 0 Å². The Balaban J connectivity index is 2.04. The molecule has 1 aromatic heterocycles. The predicted molar refractivity (Wildman–Crippen MR) is 114 cm³/mol. The Labute approximate surface area is 189 Å². The van der Waals surface area contributed by atoms with Gasteiger partial charge in [-0.25, -0.2) is 9.78 Å². The standard InChI is InChI=1S/C18H27N7O6S/c19-10(4-9-6-21-8-22-9)15(27)24-12(7-32)16(28)23-11(5-14(20)26)17(29)25-3-1-2-13(25)18(30)31/h6,8,10-13,32H,1-5,7,19H2,(H2,20,26)(H,21,22)(H,23,28)(H,24,27)(H,30,31). The number of amides is 4. The summed E-state index contributed by atoms with van der Waals surface area (Å²) >= 11 is 4.06. The Morgan fingerprint density at radius 1 is 1.25 bits per heavy atom. The number of hydrogen-bond acceptors (Lipinski definition) is 8. The molecule has 0 bridgehead atoms. The van der Waals surface area contributed by atoms with E-state index in [0.717, 1.165) is 4.90 Å². The van der Waals surface area contributed by atoms with Crippen LogP contribution in [0.3, 0.4) is 0 Å². The summed E-state index contributed by atoms with van der Waals surface area (Å²) in [5.74, 6) is -4.30. The number of nitrogens with two attached hydrogens (primary N) is 2. The third-order valence-corrected chi connectivity index (χ3v) is 5.35. The summed E-state index contributed by atoms with van der Waals surface area (Å²) in [7, 11) is 0. The number of likely N-dealkylation sites (tertiary alicyclic amines) is 1. The normalized spacial score (nSPS) is 18.4. The SMILES string of the molecule is NC(=O)CC(NC(=O)C(CS)NC(=O)C(N)Cc1cnc[nH]1)C(=O)N1CCCC1C(=O)O.